The van der Waals surface area contributed by atoms with Crippen molar-refractivity contribution in [3.63, 3.8) is 0 Å². The molecule has 1 amide bonds. The summed E-state index contributed by atoms with van der Waals surface area (Å²) >= 11 is 0. The van der Waals surface area contributed by atoms with Crippen molar-refractivity contribution < 1.29 is 22.5 Å². The molecule has 10 nitrogen and oxygen atoms in total. The highest BCUT2D eigenvalue weighted by Crippen LogP contribution is 2.30. The number of carbonyl (C=O) groups excluding carboxylic acids is 1. The number of anilines is 1. The standard InChI is InChI=1S/C21H31N5O5S/c1-15(2)19-23-20(31-24-19)17-7-5-6-8-18(17)25(3)21(27)30-16-9-12-26(13-10-16)14-11-22-32(4,28)29/h5-8,15-16,22H,9-14H2,1-4H3. The molecule has 0 atom stereocenters. The van der Waals surface area contributed by atoms with E-state index in [0.717, 1.165) is 19.3 Å². The van der Waals surface area contributed by atoms with Crippen LogP contribution in [0.4, 0.5) is 10.5 Å². The van der Waals surface area contributed by atoms with Crippen molar-refractivity contribution in [3.05, 3.63) is 30.1 Å². The summed E-state index contributed by atoms with van der Waals surface area (Å²) in [5.74, 6) is 1.11. The molecule has 0 unspecified atom stereocenters. The maximum Gasteiger partial charge on any atom is 0.414 e. The van der Waals surface area contributed by atoms with E-state index < -0.39 is 16.1 Å². The maximum absolute atomic E-state index is 12.8. The van der Waals surface area contributed by atoms with E-state index in [2.05, 4.69) is 19.8 Å². The quantitative estimate of drug-likeness (QED) is 0.632. The molecule has 0 aliphatic carbocycles. The Labute approximate surface area is 189 Å². The Morgan fingerprint density at radius 3 is 2.62 bits per heavy atom. The van der Waals surface area contributed by atoms with Crippen LogP contribution >= 0.6 is 0 Å². The summed E-state index contributed by atoms with van der Waals surface area (Å²) < 4.78 is 36.0. The van der Waals surface area contributed by atoms with Crippen molar-refractivity contribution in [1.29, 1.82) is 0 Å². The Morgan fingerprint density at radius 2 is 2.00 bits per heavy atom. The zero-order valence-corrected chi connectivity index (χ0v) is 19.8. The Hall–Kier alpha value is -2.50. The normalized spacial score (nSPS) is 15.8. The van der Waals surface area contributed by atoms with Crippen molar-refractivity contribution >= 4 is 21.8 Å². The molecule has 1 fully saturated rings. The zero-order chi connectivity index (χ0) is 23.3. The third-order valence-corrected chi connectivity index (χ3v) is 6.05. The van der Waals surface area contributed by atoms with Crippen LogP contribution in [0.25, 0.3) is 11.5 Å². The molecular weight excluding hydrogens is 434 g/mol. The largest absolute Gasteiger partial charge is 0.446 e. The number of aromatic nitrogens is 2. The third kappa shape index (κ3) is 6.50. The van der Waals surface area contributed by atoms with Gasteiger partial charge >= 0.3 is 6.09 Å². The predicted molar refractivity (Wildman–Crippen MR) is 121 cm³/mol. The molecule has 176 valence electrons. The van der Waals surface area contributed by atoms with E-state index >= 15 is 0 Å². The number of hydrogen-bond donors (Lipinski definition) is 1. The Balaban J connectivity index is 1.57. The maximum atomic E-state index is 12.8. The highest BCUT2D eigenvalue weighted by Gasteiger charge is 2.26. The smallest absolute Gasteiger partial charge is 0.414 e. The van der Waals surface area contributed by atoms with Gasteiger partial charge in [0.25, 0.3) is 5.89 Å². The summed E-state index contributed by atoms with van der Waals surface area (Å²) in [7, 11) is -1.52. The minimum absolute atomic E-state index is 0.135. The van der Waals surface area contributed by atoms with Gasteiger partial charge < -0.3 is 14.2 Å². The number of amides is 1. The molecule has 1 aromatic carbocycles. The van der Waals surface area contributed by atoms with Crippen molar-refractivity contribution in [1.82, 2.24) is 19.8 Å². The van der Waals surface area contributed by atoms with E-state index in [-0.39, 0.29) is 12.0 Å². The average Bonchev–Trinajstić information content (AvgIpc) is 3.24. The lowest BCUT2D eigenvalue weighted by Gasteiger charge is -2.32. The number of para-hydroxylation sites is 1. The van der Waals surface area contributed by atoms with Gasteiger partial charge in [-0.25, -0.2) is 17.9 Å². The van der Waals surface area contributed by atoms with Crippen LogP contribution in [-0.2, 0) is 14.8 Å². The lowest BCUT2D eigenvalue weighted by Crippen LogP contribution is -2.42. The third-order valence-electron chi connectivity index (χ3n) is 5.32. The van der Waals surface area contributed by atoms with Gasteiger partial charge in [0.2, 0.25) is 10.0 Å². The molecule has 0 bridgehead atoms. The van der Waals surface area contributed by atoms with Crippen LogP contribution < -0.4 is 9.62 Å². The van der Waals surface area contributed by atoms with E-state index in [1.165, 1.54) is 4.90 Å². The van der Waals surface area contributed by atoms with Crippen molar-refractivity contribution in [2.45, 2.75) is 38.7 Å². The molecule has 2 aromatic rings. The first kappa shape index (κ1) is 24.1. The second-order valence-electron chi connectivity index (χ2n) is 8.28. The first-order chi connectivity index (χ1) is 15.1. The van der Waals surface area contributed by atoms with E-state index in [1.54, 1.807) is 7.05 Å². The topological polar surface area (TPSA) is 118 Å². The number of nitrogens with one attached hydrogen (secondary N) is 1. The monoisotopic (exact) mass is 465 g/mol. The summed E-state index contributed by atoms with van der Waals surface area (Å²) in [6.45, 7) is 6.45. The van der Waals surface area contributed by atoms with Gasteiger partial charge in [-0.2, -0.15) is 4.98 Å². The molecular formula is C21H31N5O5S. The molecule has 0 radical (unpaired) electrons. The minimum Gasteiger partial charge on any atom is -0.446 e. The molecule has 1 N–H and O–H groups in total. The van der Waals surface area contributed by atoms with Gasteiger partial charge in [0.15, 0.2) is 5.82 Å². The van der Waals surface area contributed by atoms with Crippen molar-refractivity contribution in [2.75, 3.05) is 44.4 Å². The lowest BCUT2D eigenvalue weighted by molar-refractivity contribution is 0.0562. The van der Waals surface area contributed by atoms with Gasteiger partial charge in [0, 0.05) is 39.1 Å². The van der Waals surface area contributed by atoms with Crippen LogP contribution in [0.3, 0.4) is 0 Å². The number of carbonyl (C=O) groups is 1. The number of likely N-dealkylation sites (tertiary alicyclic amines) is 1. The molecule has 0 spiro atoms. The summed E-state index contributed by atoms with van der Waals surface area (Å²) in [6.07, 6.45) is 1.91. The van der Waals surface area contributed by atoms with Crippen LogP contribution in [0, 0.1) is 0 Å². The number of nitrogens with zero attached hydrogens (tertiary/aromatic N) is 4. The fourth-order valence-electron chi connectivity index (χ4n) is 3.49. The molecule has 3 rings (SSSR count). The number of rotatable bonds is 8. The Kier molecular flexibility index (Phi) is 7.86. The Morgan fingerprint density at radius 1 is 1.31 bits per heavy atom. The molecule has 1 aromatic heterocycles. The zero-order valence-electron chi connectivity index (χ0n) is 18.9. The summed E-state index contributed by atoms with van der Waals surface area (Å²) in [4.78, 5) is 20.9. The minimum atomic E-state index is -3.18. The fraction of sp³-hybridized carbons (Fsp3) is 0.571. The first-order valence-corrected chi connectivity index (χ1v) is 12.6. The number of hydrogen-bond acceptors (Lipinski definition) is 8. The van der Waals surface area contributed by atoms with Gasteiger partial charge in [-0.1, -0.05) is 31.1 Å². The summed E-state index contributed by atoms with van der Waals surface area (Å²) in [5, 5.41) is 4.01. The summed E-state index contributed by atoms with van der Waals surface area (Å²) in [6, 6.07) is 7.34. The average molecular weight is 466 g/mol. The van der Waals surface area contributed by atoms with Crippen molar-refractivity contribution in [3.8, 4) is 11.5 Å². The molecule has 1 saturated heterocycles. The number of piperidine rings is 1. The fourth-order valence-corrected chi connectivity index (χ4v) is 3.95. The van der Waals surface area contributed by atoms with Crippen LogP contribution in [0.5, 0.6) is 0 Å². The highest BCUT2D eigenvalue weighted by atomic mass is 32.2. The van der Waals surface area contributed by atoms with Gasteiger partial charge in [-0.15, -0.1) is 0 Å². The predicted octanol–water partition coefficient (Wildman–Crippen LogP) is 2.45. The van der Waals surface area contributed by atoms with Gasteiger partial charge in [0.05, 0.1) is 17.5 Å². The molecule has 11 heteroatoms. The SMILES string of the molecule is CC(C)c1noc(-c2ccccc2N(C)C(=O)OC2CCN(CCNS(C)(=O)=O)CC2)n1. The van der Waals surface area contributed by atoms with Crippen LogP contribution in [0.15, 0.2) is 28.8 Å². The molecule has 2 heterocycles. The van der Waals surface area contributed by atoms with Crippen LogP contribution in [-0.4, -0.2) is 75.1 Å². The van der Waals surface area contributed by atoms with Gasteiger partial charge in [0.1, 0.15) is 6.10 Å². The van der Waals surface area contributed by atoms with E-state index in [4.69, 9.17) is 9.26 Å². The summed E-state index contributed by atoms with van der Waals surface area (Å²) in [5.41, 5.74) is 1.29. The van der Waals surface area contributed by atoms with E-state index in [9.17, 15) is 13.2 Å². The Bertz CT molecular complexity index is 1020. The first-order valence-electron chi connectivity index (χ1n) is 10.7. The van der Waals surface area contributed by atoms with E-state index in [1.807, 2.05) is 38.1 Å². The van der Waals surface area contributed by atoms with Gasteiger partial charge in [-0.05, 0) is 25.0 Å². The number of sulfonamides is 1. The van der Waals surface area contributed by atoms with Crippen molar-refractivity contribution in [2.24, 2.45) is 0 Å². The lowest BCUT2D eigenvalue weighted by atomic mass is 10.1. The molecule has 32 heavy (non-hydrogen) atoms. The molecule has 1 aliphatic heterocycles. The van der Waals surface area contributed by atoms with Gasteiger partial charge in [-0.3, -0.25) is 4.90 Å². The van der Waals surface area contributed by atoms with E-state index in [0.29, 0.717) is 48.9 Å². The molecule has 1 aliphatic rings. The number of benzene rings is 1. The molecule has 0 saturated carbocycles. The highest BCUT2D eigenvalue weighted by molar-refractivity contribution is 7.88. The second-order valence-corrected chi connectivity index (χ2v) is 10.1. The van der Waals surface area contributed by atoms with Crippen LogP contribution in [0.1, 0.15) is 38.4 Å². The van der Waals surface area contributed by atoms with Crippen LogP contribution in [0.2, 0.25) is 0 Å². The second kappa shape index (κ2) is 10.4. The number of ether oxygens (including phenoxy) is 1.